The third-order valence-electron chi connectivity index (χ3n) is 0.511. The molecule has 0 unspecified atom stereocenters. The Hall–Kier alpha value is -0.580. The van der Waals surface area contributed by atoms with E-state index in [0.717, 1.165) is 0 Å². The summed E-state index contributed by atoms with van der Waals surface area (Å²) in [6.45, 7) is -0.369. The number of carboxylic acids is 1. The standard InChI is InChI=1S/C4H9NO3S/c1-9(2,8)5-3-4(6)7/h3H2,1-2H3,(H,6,7). The van der Waals surface area contributed by atoms with Gasteiger partial charge in [0.1, 0.15) is 6.54 Å². The van der Waals surface area contributed by atoms with Crippen molar-refractivity contribution in [3.05, 3.63) is 0 Å². The first kappa shape index (κ1) is 8.42. The van der Waals surface area contributed by atoms with E-state index in [1.807, 2.05) is 0 Å². The van der Waals surface area contributed by atoms with E-state index in [-0.39, 0.29) is 6.54 Å². The van der Waals surface area contributed by atoms with E-state index in [9.17, 15) is 9.00 Å². The maximum atomic E-state index is 10.7. The fraction of sp³-hybridized carbons (Fsp3) is 0.750. The third-order valence-corrected chi connectivity index (χ3v) is 1.26. The highest BCUT2D eigenvalue weighted by Gasteiger charge is 1.94. The van der Waals surface area contributed by atoms with Crippen LogP contribution < -0.4 is 0 Å². The van der Waals surface area contributed by atoms with Crippen molar-refractivity contribution < 1.29 is 14.1 Å². The second-order valence-electron chi connectivity index (χ2n) is 1.86. The molecule has 0 bridgehead atoms. The van der Waals surface area contributed by atoms with E-state index in [2.05, 4.69) is 4.36 Å². The van der Waals surface area contributed by atoms with Gasteiger partial charge in [0.2, 0.25) is 0 Å². The zero-order chi connectivity index (χ0) is 7.49. The van der Waals surface area contributed by atoms with E-state index in [1.54, 1.807) is 0 Å². The molecule has 0 aromatic rings. The normalized spacial score (nSPS) is 10.9. The number of rotatable bonds is 2. The first-order chi connectivity index (χ1) is 3.92. The third kappa shape index (κ3) is 7.42. The van der Waals surface area contributed by atoms with E-state index in [4.69, 9.17) is 5.11 Å². The molecule has 0 aromatic carbocycles. The summed E-state index contributed by atoms with van der Waals surface area (Å²) >= 11 is 0. The van der Waals surface area contributed by atoms with Crippen LogP contribution in [0.5, 0.6) is 0 Å². The smallest absolute Gasteiger partial charge is 0.326 e. The van der Waals surface area contributed by atoms with Crippen molar-refractivity contribution in [1.82, 2.24) is 0 Å². The molecule has 9 heavy (non-hydrogen) atoms. The monoisotopic (exact) mass is 151 g/mol. The van der Waals surface area contributed by atoms with Crippen LogP contribution in [-0.2, 0) is 14.5 Å². The van der Waals surface area contributed by atoms with E-state index >= 15 is 0 Å². The minimum absolute atomic E-state index is 0.369. The summed E-state index contributed by atoms with van der Waals surface area (Å²) in [5.74, 6) is -1.05. The van der Waals surface area contributed by atoms with Gasteiger partial charge in [-0.15, -0.1) is 0 Å². The van der Waals surface area contributed by atoms with E-state index in [0.29, 0.717) is 0 Å². The second-order valence-corrected chi connectivity index (χ2v) is 4.48. The van der Waals surface area contributed by atoms with Crippen LogP contribution in [0, 0.1) is 0 Å². The molecule has 0 aliphatic carbocycles. The molecule has 0 radical (unpaired) electrons. The average molecular weight is 151 g/mol. The zero-order valence-electron chi connectivity index (χ0n) is 5.33. The van der Waals surface area contributed by atoms with Gasteiger partial charge in [-0.1, -0.05) is 0 Å². The van der Waals surface area contributed by atoms with Crippen LogP contribution in [0.4, 0.5) is 0 Å². The lowest BCUT2D eigenvalue weighted by Crippen LogP contribution is -2.02. The molecule has 0 atom stereocenters. The number of hydrogen-bond donors (Lipinski definition) is 1. The molecule has 1 N–H and O–H groups in total. The molecule has 0 fully saturated rings. The summed E-state index contributed by atoms with van der Waals surface area (Å²) in [5.41, 5.74) is 0. The molecule has 0 rings (SSSR count). The Bertz CT molecular complexity index is 206. The molecule has 0 spiro atoms. The van der Waals surface area contributed by atoms with Gasteiger partial charge in [0, 0.05) is 22.2 Å². The fourth-order valence-electron chi connectivity index (χ4n) is 0.211. The molecule has 0 heterocycles. The van der Waals surface area contributed by atoms with Gasteiger partial charge in [-0.2, -0.15) is 0 Å². The lowest BCUT2D eigenvalue weighted by atomic mass is 10.7. The van der Waals surface area contributed by atoms with Gasteiger partial charge in [-0.25, -0.2) is 4.36 Å². The summed E-state index contributed by atoms with van der Waals surface area (Å²) in [6.07, 6.45) is 2.80. The minimum Gasteiger partial charge on any atom is -0.480 e. The van der Waals surface area contributed by atoms with Crippen LogP contribution in [-0.4, -0.2) is 34.3 Å². The molecule has 0 amide bonds. The predicted molar refractivity (Wildman–Crippen MR) is 34.9 cm³/mol. The molecular formula is C4H9NO3S. The Kier molecular flexibility index (Phi) is 2.64. The Labute approximate surface area is 54.1 Å². The molecule has 0 saturated carbocycles. The molecule has 0 aliphatic rings. The van der Waals surface area contributed by atoms with Gasteiger partial charge < -0.3 is 5.11 Å². The maximum Gasteiger partial charge on any atom is 0.326 e. The van der Waals surface area contributed by atoms with Gasteiger partial charge in [0.05, 0.1) is 0 Å². The second kappa shape index (κ2) is 2.82. The molecular weight excluding hydrogens is 142 g/mol. The van der Waals surface area contributed by atoms with Crippen LogP contribution in [0.3, 0.4) is 0 Å². The highest BCUT2D eigenvalue weighted by molar-refractivity contribution is 7.92. The molecule has 0 aromatic heterocycles. The average Bonchev–Trinajstić information content (AvgIpc) is 1.59. The Balaban J connectivity index is 4.03. The molecule has 0 saturated heterocycles. The predicted octanol–water partition coefficient (Wildman–Crippen LogP) is -0.201. The first-order valence-corrected chi connectivity index (χ1v) is 4.59. The van der Waals surface area contributed by atoms with E-state index in [1.165, 1.54) is 12.5 Å². The SMILES string of the molecule is CS(C)(=O)=NCC(=O)O. The van der Waals surface area contributed by atoms with Crippen molar-refractivity contribution >= 4 is 15.7 Å². The first-order valence-electron chi connectivity index (χ1n) is 2.26. The van der Waals surface area contributed by atoms with Crippen LogP contribution in [0.25, 0.3) is 0 Å². The summed E-state index contributed by atoms with van der Waals surface area (Å²) in [6, 6.07) is 0. The lowest BCUT2D eigenvalue weighted by molar-refractivity contribution is -0.135. The van der Waals surface area contributed by atoms with Crippen LogP contribution in [0.1, 0.15) is 0 Å². The number of nitrogens with zero attached hydrogens (tertiary/aromatic N) is 1. The van der Waals surface area contributed by atoms with Crippen molar-refractivity contribution in [2.45, 2.75) is 0 Å². The topological polar surface area (TPSA) is 66.7 Å². The summed E-state index contributed by atoms with van der Waals surface area (Å²) in [7, 11) is -2.23. The van der Waals surface area contributed by atoms with Crippen molar-refractivity contribution in [3.8, 4) is 0 Å². The van der Waals surface area contributed by atoms with Gasteiger partial charge in [-0.3, -0.25) is 9.00 Å². The van der Waals surface area contributed by atoms with Crippen molar-refractivity contribution in [2.24, 2.45) is 4.36 Å². The van der Waals surface area contributed by atoms with Crippen molar-refractivity contribution in [3.63, 3.8) is 0 Å². The van der Waals surface area contributed by atoms with Crippen LogP contribution in [0.15, 0.2) is 4.36 Å². The molecule has 0 aliphatic heterocycles. The van der Waals surface area contributed by atoms with Gasteiger partial charge in [-0.05, 0) is 0 Å². The van der Waals surface area contributed by atoms with Crippen LogP contribution >= 0.6 is 0 Å². The maximum absolute atomic E-state index is 10.7. The zero-order valence-corrected chi connectivity index (χ0v) is 6.14. The van der Waals surface area contributed by atoms with Gasteiger partial charge in [0.25, 0.3) is 0 Å². The highest BCUT2D eigenvalue weighted by Crippen LogP contribution is 1.82. The van der Waals surface area contributed by atoms with Crippen molar-refractivity contribution in [1.29, 1.82) is 0 Å². The number of carboxylic acid groups (broad SMARTS) is 1. The Morgan fingerprint density at radius 3 is 2.22 bits per heavy atom. The molecule has 4 nitrogen and oxygen atoms in total. The number of carbonyl (C=O) groups is 1. The summed E-state index contributed by atoms with van der Waals surface area (Å²) in [4.78, 5) is 9.83. The van der Waals surface area contributed by atoms with Crippen molar-refractivity contribution in [2.75, 3.05) is 19.1 Å². The fourth-order valence-corrected chi connectivity index (χ4v) is 0.632. The van der Waals surface area contributed by atoms with Crippen LogP contribution in [0.2, 0.25) is 0 Å². The summed E-state index contributed by atoms with van der Waals surface area (Å²) in [5, 5.41) is 8.06. The van der Waals surface area contributed by atoms with Gasteiger partial charge in [0.15, 0.2) is 0 Å². The minimum atomic E-state index is -2.23. The highest BCUT2D eigenvalue weighted by atomic mass is 32.2. The Morgan fingerprint density at radius 1 is 1.67 bits per heavy atom. The quantitative estimate of drug-likeness (QED) is 0.594. The lowest BCUT2D eigenvalue weighted by Gasteiger charge is -1.89. The largest absolute Gasteiger partial charge is 0.480 e. The molecule has 5 heteroatoms. The summed E-state index contributed by atoms with van der Waals surface area (Å²) < 4.78 is 14.0. The van der Waals surface area contributed by atoms with E-state index < -0.39 is 15.7 Å². The number of hydrogen-bond acceptors (Lipinski definition) is 3. The van der Waals surface area contributed by atoms with Gasteiger partial charge >= 0.3 is 5.97 Å². The Morgan fingerprint density at radius 2 is 2.11 bits per heavy atom. The number of aliphatic carboxylic acids is 1. The molecule has 54 valence electrons.